The zero-order chi connectivity index (χ0) is 20.3. The number of carbonyl (C=O) groups excluding carboxylic acids is 2. The number of fused-ring (bicyclic) bond motifs is 1. The van der Waals surface area contributed by atoms with Crippen LogP contribution >= 0.6 is 0 Å². The molecule has 0 unspecified atom stereocenters. The van der Waals surface area contributed by atoms with E-state index in [1.165, 1.54) is 0 Å². The van der Waals surface area contributed by atoms with Gasteiger partial charge in [0.05, 0.1) is 17.6 Å². The normalized spacial score (nSPS) is 15.4. The van der Waals surface area contributed by atoms with Crippen LogP contribution in [0.3, 0.4) is 0 Å². The van der Waals surface area contributed by atoms with Crippen LogP contribution in [-0.4, -0.2) is 57.3 Å². The Hall–Kier alpha value is -2.41. The monoisotopic (exact) mass is 385 g/mol. The molecule has 1 aromatic carbocycles. The Morgan fingerprint density at radius 1 is 1.18 bits per heavy atom. The number of rotatable bonds is 6. The molecule has 1 saturated heterocycles. The topological polar surface area (TPSA) is 70.5 Å². The van der Waals surface area contributed by atoms with Crippen LogP contribution in [0.5, 0.6) is 0 Å². The molecule has 0 radical (unpaired) electrons. The van der Waals surface area contributed by atoms with Crippen LogP contribution in [0.4, 0.5) is 5.69 Å². The van der Waals surface area contributed by atoms with E-state index in [9.17, 15) is 9.59 Å². The predicted octanol–water partition coefficient (Wildman–Crippen LogP) is 2.61. The zero-order valence-corrected chi connectivity index (χ0v) is 17.4. The van der Waals surface area contributed by atoms with E-state index >= 15 is 0 Å². The molecule has 0 spiro atoms. The molecule has 1 aliphatic heterocycles. The van der Waals surface area contributed by atoms with Gasteiger partial charge in [0.15, 0.2) is 0 Å². The van der Waals surface area contributed by atoms with Crippen LogP contribution in [0.2, 0.25) is 0 Å². The first-order valence-electron chi connectivity index (χ1n) is 10.1. The van der Waals surface area contributed by atoms with E-state index in [0.717, 1.165) is 55.3 Å². The maximum absolute atomic E-state index is 12.0. The van der Waals surface area contributed by atoms with Crippen molar-refractivity contribution in [3.63, 3.8) is 0 Å². The van der Waals surface area contributed by atoms with Crippen LogP contribution < -0.4 is 5.32 Å². The second-order valence-corrected chi connectivity index (χ2v) is 7.95. The summed E-state index contributed by atoms with van der Waals surface area (Å²) in [5, 5.41) is 2.96. The van der Waals surface area contributed by atoms with E-state index in [4.69, 9.17) is 4.98 Å². The Morgan fingerprint density at radius 2 is 1.89 bits per heavy atom. The second-order valence-electron chi connectivity index (χ2n) is 7.95. The molecule has 1 N–H and O–H groups in total. The number of piperazine rings is 1. The highest BCUT2D eigenvalue weighted by Crippen LogP contribution is 2.21. The molecule has 7 heteroatoms. The van der Waals surface area contributed by atoms with Crippen molar-refractivity contribution in [3.8, 4) is 0 Å². The summed E-state index contributed by atoms with van der Waals surface area (Å²) in [7, 11) is 2.03. The third-order valence-electron chi connectivity index (χ3n) is 5.24. The number of nitrogens with one attached hydrogen (secondary N) is 1. The lowest BCUT2D eigenvalue weighted by Gasteiger charge is -2.34. The van der Waals surface area contributed by atoms with Crippen molar-refractivity contribution in [1.29, 1.82) is 0 Å². The molecule has 7 nitrogen and oxygen atoms in total. The number of aryl methyl sites for hydroxylation is 1. The zero-order valence-electron chi connectivity index (χ0n) is 17.4. The Morgan fingerprint density at radius 3 is 2.54 bits per heavy atom. The maximum Gasteiger partial charge on any atom is 0.224 e. The fraction of sp³-hybridized carbons (Fsp3) is 0.571. The molecular weight excluding hydrogens is 354 g/mol. The van der Waals surface area contributed by atoms with Gasteiger partial charge in [-0.1, -0.05) is 20.8 Å². The van der Waals surface area contributed by atoms with E-state index in [1.54, 1.807) is 0 Å². The first-order chi connectivity index (χ1) is 13.4. The molecule has 1 aromatic heterocycles. The van der Waals surface area contributed by atoms with Gasteiger partial charge in [0.25, 0.3) is 0 Å². The van der Waals surface area contributed by atoms with Gasteiger partial charge in [0.1, 0.15) is 5.82 Å². The molecule has 2 aromatic rings. The standard InChI is InChI=1S/C21H31N5O2/c1-5-21(28)26-10-8-25(9-11-26)14-19-23-17-13-16(6-7-18(17)24(19)4)22-20(27)12-15(2)3/h6-7,13,15H,5,8-12,14H2,1-4H3,(H,22,27). The Bertz CT molecular complexity index is 850. The summed E-state index contributed by atoms with van der Waals surface area (Å²) in [5.41, 5.74) is 2.73. The van der Waals surface area contributed by atoms with Crippen molar-refractivity contribution in [1.82, 2.24) is 19.4 Å². The summed E-state index contributed by atoms with van der Waals surface area (Å²) >= 11 is 0. The molecular formula is C21H31N5O2. The molecule has 1 fully saturated rings. The minimum Gasteiger partial charge on any atom is -0.340 e. The molecule has 28 heavy (non-hydrogen) atoms. The quantitative estimate of drug-likeness (QED) is 0.830. The van der Waals surface area contributed by atoms with Gasteiger partial charge >= 0.3 is 0 Å². The highest BCUT2D eigenvalue weighted by atomic mass is 16.2. The molecule has 0 saturated carbocycles. The number of hydrogen-bond donors (Lipinski definition) is 1. The first-order valence-corrected chi connectivity index (χ1v) is 10.1. The van der Waals surface area contributed by atoms with Gasteiger partial charge in [-0.25, -0.2) is 4.98 Å². The number of amides is 2. The summed E-state index contributed by atoms with van der Waals surface area (Å²) in [6, 6.07) is 5.88. The van der Waals surface area contributed by atoms with Crippen molar-refractivity contribution >= 4 is 28.5 Å². The maximum atomic E-state index is 12.0. The highest BCUT2D eigenvalue weighted by Gasteiger charge is 2.21. The van der Waals surface area contributed by atoms with Crippen LogP contribution in [0.1, 0.15) is 39.4 Å². The summed E-state index contributed by atoms with van der Waals surface area (Å²) in [6.07, 6.45) is 1.08. The van der Waals surface area contributed by atoms with Crippen LogP contribution in [0.25, 0.3) is 11.0 Å². The largest absolute Gasteiger partial charge is 0.340 e. The molecule has 0 atom stereocenters. The molecule has 152 valence electrons. The number of benzene rings is 1. The summed E-state index contributed by atoms with van der Waals surface area (Å²) in [5.74, 6) is 1.59. The lowest BCUT2D eigenvalue weighted by Crippen LogP contribution is -2.48. The average molecular weight is 386 g/mol. The Balaban J connectivity index is 1.67. The third-order valence-corrected chi connectivity index (χ3v) is 5.24. The van der Waals surface area contributed by atoms with Gasteiger partial charge in [0.2, 0.25) is 11.8 Å². The molecule has 1 aliphatic rings. The molecule has 3 rings (SSSR count). The number of hydrogen-bond acceptors (Lipinski definition) is 4. The molecule has 0 aliphatic carbocycles. The number of aromatic nitrogens is 2. The van der Waals surface area contributed by atoms with Crippen LogP contribution in [0, 0.1) is 5.92 Å². The van der Waals surface area contributed by atoms with E-state index in [1.807, 2.05) is 50.9 Å². The summed E-state index contributed by atoms with van der Waals surface area (Å²) in [4.78, 5) is 32.9. The van der Waals surface area contributed by atoms with Crippen molar-refractivity contribution in [2.75, 3.05) is 31.5 Å². The average Bonchev–Trinajstić information content (AvgIpc) is 2.96. The van der Waals surface area contributed by atoms with Gasteiger partial charge in [-0.05, 0) is 24.1 Å². The van der Waals surface area contributed by atoms with Crippen LogP contribution in [-0.2, 0) is 23.2 Å². The minimum absolute atomic E-state index is 0.0324. The van der Waals surface area contributed by atoms with Gasteiger partial charge in [0, 0.05) is 51.8 Å². The van der Waals surface area contributed by atoms with E-state index in [-0.39, 0.29) is 11.8 Å². The van der Waals surface area contributed by atoms with Gasteiger partial charge in [-0.3, -0.25) is 14.5 Å². The van der Waals surface area contributed by atoms with Crippen LogP contribution in [0.15, 0.2) is 18.2 Å². The Kier molecular flexibility index (Phi) is 6.34. The number of anilines is 1. The van der Waals surface area contributed by atoms with Gasteiger partial charge in [-0.15, -0.1) is 0 Å². The van der Waals surface area contributed by atoms with E-state index in [0.29, 0.717) is 18.8 Å². The van der Waals surface area contributed by atoms with Crippen molar-refractivity contribution in [2.24, 2.45) is 13.0 Å². The Labute approximate surface area is 166 Å². The summed E-state index contributed by atoms with van der Waals surface area (Å²) in [6.45, 7) is 10.0. The van der Waals surface area contributed by atoms with E-state index < -0.39 is 0 Å². The lowest BCUT2D eigenvalue weighted by atomic mass is 10.1. The second kappa shape index (κ2) is 8.73. The lowest BCUT2D eigenvalue weighted by molar-refractivity contribution is -0.132. The first kappa shape index (κ1) is 20.3. The third kappa shape index (κ3) is 4.70. The number of carbonyl (C=O) groups is 2. The predicted molar refractivity (Wildman–Crippen MR) is 111 cm³/mol. The van der Waals surface area contributed by atoms with Crippen molar-refractivity contribution in [3.05, 3.63) is 24.0 Å². The SMILES string of the molecule is CCC(=O)N1CCN(Cc2nc3cc(NC(=O)CC(C)C)ccc3n2C)CC1. The fourth-order valence-electron chi connectivity index (χ4n) is 3.63. The number of nitrogens with zero attached hydrogens (tertiary/aromatic N) is 4. The van der Waals surface area contributed by atoms with E-state index in [2.05, 4.69) is 14.8 Å². The van der Waals surface area contributed by atoms with Gasteiger partial charge < -0.3 is 14.8 Å². The molecule has 0 bridgehead atoms. The highest BCUT2D eigenvalue weighted by molar-refractivity contribution is 5.93. The molecule has 2 amide bonds. The number of imidazole rings is 1. The molecule has 2 heterocycles. The van der Waals surface area contributed by atoms with Gasteiger partial charge in [-0.2, -0.15) is 0 Å². The van der Waals surface area contributed by atoms with Crippen molar-refractivity contribution < 1.29 is 9.59 Å². The summed E-state index contributed by atoms with van der Waals surface area (Å²) < 4.78 is 2.11. The smallest absolute Gasteiger partial charge is 0.224 e. The minimum atomic E-state index is 0.0324. The van der Waals surface area contributed by atoms with Crippen molar-refractivity contribution in [2.45, 2.75) is 40.2 Å². The fourth-order valence-corrected chi connectivity index (χ4v) is 3.63.